The van der Waals surface area contributed by atoms with E-state index in [2.05, 4.69) is 0 Å². The van der Waals surface area contributed by atoms with Gasteiger partial charge in [0.15, 0.2) is 0 Å². The van der Waals surface area contributed by atoms with Gasteiger partial charge in [-0.1, -0.05) is 43.2 Å². The highest BCUT2D eigenvalue weighted by Crippen LogP contribution is 2.43. The van der Waals surface area contributed by atoms with Crippen LogP contribution in [0.4, 0.5) is 4.39 Å². The normalized spacial score (nSPS) is 29.8. The molecule has 1 fully saturated rings. The average Bonchev–Trinajstić information content (AvgIpc) is 2.39. The number of alkyl halides is 1. The highest BCUT2D eigenvalue weighted by molar-refractivity contribution is 5.74. The number of hydrogen-bond acceptors (Lipinski definition) is 2. The van der Waals surface area contributed by atoms with Gasteiger partial charge in [0.05, 0.1) is 0 Å². The average molecular weight is 252 g/mol. The van der Waals surface area contributed by atoms with Gasteiger partial charge in [0.1, 0.15) is 5.60 Å². The van der Waals surface area contributed by atoms with Crippen molar-refractivity contribution >= 4 is 5.97 Å². The van der Waals surface area contributed by atoms with Gasteiger partial charge in [0, 0.05) is 5.92 Å². The van der Waals surface area contributed by atoms with Crippen LogP contribution in [-0.2, 0) is 4.79 Å². The zero-order valence-electron chi connectivity index (χ0n) is 10.1. The number of carboxylic acid groups (broad SMARTS) is 1. The lowest BCUT2D eigenvalue weighted by molar-refractivity contribution is -0.159. The van der Waals surface area contributed by atoms with E-state index >= 15 is 0 Å². The maximum absolute atomic E-state index is 13.9. The Morgan fingerprint density at radius 2 is 2.00 bits per heavy atom. The summed E-state index contributed by atoms with van der Waals surface area (Å²) >= 11 is 0. The van der Waals surface area contributed by atoms with E-state index in [1.807, 2.05) is 30.3 Å². The molecule has 0 heterocycles. The summed E-state index contributed by atoms with van der Waals surface area (Å²) in [5.74, 6) is -2.03. The van der Waals surface area contributed by atoms with Gasteiger partial charge >= 0.3 is 5.97 Å². The van der Waals surface area contributed by atoms with Crippen molar-refractivity contribution in [2.75, 3.05) is 0 Å². The quantitative estimate of drug-likeness (QED) is 0.869. The first-order chi connectivity index (χ1) is 8.55. The molecule has 0 amide bonds. The largest absolute Gasteiger partial charge is 0.479 e. The highest BCUT2D eigenvalue weighted by atomic mass is 19.1. The van der Waals surface area contributed by atoms with Crippen molar-refractivity contribution in [3.05, 3.63) is 35.9 Å². The van der Waals surface area contributed by atoms with E-state index in [1.54, 1.807) is 0 Å². The molecule has 98 valence electrons. The number of aliphatic hydroxyl groups is 1. The predicted molar refractivity (Wildman–Crippen MR) is 65.1 cm³/mol. The fraction of sp³-hybridized carbons (Fsp3) is 0.500. The lowest BCUT2D eigenvalue weighted by atomic mass is 9.69. The van der Waals surface area contributed by atoms with Gasteiger partial charge in [0.2, 0.25) is 6.17 Å². The summed E-state index contributed by atoms with van der Waals surface area (Å²) in [6, 6.07) is 9.11. The molecule has 0 radical (unpaired) electrons. The maximum Gasteiger partial charge on any atom is 0.341 e. The SMILES string of the molecule is O=C(O)C(F)C1(O)CCCCC1c1ccccc1. The summed E-state index contributed by atoms with van der Waals surface area (Å²) in [4.78, 5) is 10.8. The van der Waals surface area contributed by atoms with Gasteiger partial charge in [-0.3, -0.25) is 0 Å². The minimum Gasteiger partial charge on any atom is -0.479 e. The Balaban J connectivity index is 2.34. The van der Waals surface area contributed by atoms with Crippen molar-refractivity contribution in [1.29, 1.82) is 0 Å². The summed E-state index contributed by atoms with van der Waals surface area (Å²) in [6.07, 6.45) is 0.124. The van der Waals surface area contributed by atoms with Gasteiger partial charge in [-0.2, -0.15) is 0 Å². The van der Waals surface area contributed by atoms with Crippen LogP contribution in [0, 0.1) is 0 Å². The van der Waals surface area contributed by atoms with Crippen LogP contribution in [0.3, 0.4) is 0 Å². The van der Waals surface area contributed by atoms with Crippen molar-refractivity contribution in [3.8, 4) is 0 Å². The van der Waals surface area contributed by atoms with E-state index in [0.29, 0.717) is 12.8 Å². The number of carbonyl (C=O) groups is 1. The molecule has 0 saturated heterocycles. The fourth-order valence-corrected chi connectivity index (χ4v) is 2.84. The first-order valence-electron chi connectivity index (χ1n) is 6.20. The first-order valence-corrected chi connectivity index (χ1v) is 6.20. The Morgan fingerprint density at radius 3 is 2.61 bits per heavy atom. The van der Waals surface area contributed by atoms with E-state index in [-0.39, 0.29) is 6.42 Å². The molecule has 3 nitrogen and oxygen atoms in total. The second-order valence-electron chi connectivity index (χ2n) is 4.90. The van der Waals surface area contributed by atoms with Crippen molar-refractivity contribution in [3.63, 3.8) is 0 Å². The minimum atomic E-state index is -2.23. The molecule has 0 spiro atoms. The molecule has 4 heteroatoms. The lowest BCUT2D eigenvalue weighted by Gasteiger charge is -2.41. The minimum absolute atomic E-state index is 0.194. The number of rotatable bonds is 3. The van der Waals surface area contributed by atoms with E-state index in [9.17, 15) is 14.3 Å². The maximum atomic E-state index is 13.9. The standard InChI is InChI=1S/C14H17FO3/c15-12(13(16)17)14(18)9-5-4-8-11(14)10-6-2-1-3-7-10/h1-3,6-7,11-12,18H,4-5,8-9H2,(H,16,17). The molecular formula is C14H17FO3. The molecule has 3 unspecified atom stereocenters. The Morgan fingerprint density at radius 1 is 1.33 bits per heavy atom. The molecule has 0 aromatic heterocycles. The third kappa shape index (κ3) is 2.25. The topological polar surface area (TPSA) is 57.5 Å². The molecule has 1 saturated carbocycles. The summed E-state index contributed by atoms with van der Waals surface area (Å²) in [5.41, 5.74) is -0.977. The molecule has 2 rings (SSSR count). The van der Waals surface area contributed by atoms with Crippen molar-refractivity contribution < 1.29 is 19.4 Å². The third-order valence-electron chi connectivity index (χ3n) is 3.78. The Labute approximate surface area is 105 Å². The van der Waals surface area contributed by atoms with Crippen molar-refractivity contribution in [1.82, 2.24) is 0 Å². The van der Waals surface area contributed by atoms with E-state index in [0.717, 1.165) is 12.0 Å². The molecule has 1 aromatic carbocycles. The molecule has 1 aliphatic rings. The van der Waals surface area contributed by atoms with Gasteiger partial charge in [-0.25, -0.2) is 9.18 Å². The van der Waals surface area contributed by atoms with Crippen LogP contribution in [0.25, 0.3) is 0 Å². The lowest BCUT2D eigenvalue weighted by Crippen LogP contribution is -2.50. The van der Waals surface area contributed by atoms with Crippen LogP contribution >= 0.6 is 0 Å². The number of benzene rings is 1. The smallest absolute Gasteiger partial charge is 0.341 e. The molecule has 0 aliphatic heterocycles. The second kappa shape index (κ2) is 5.06. The number of carboxylic acids is 1. The third-order valence-corrected chi connectivity index (χ3v) is 3.78. The van der Waals surface area contributed by atoms with Gasteiger partial charge < -0.3 is 10.2 Å². The van der Waals surface area contributed by atoms with E-state index < -0.39 is 23.7 Å². The van der Waals surface area contributed by atoms with Crippen LogP contribution in [0.5, 0.6) is 0 Å². The Bertz CT molecular complexity index is 420. The molecule has 18 heavy (non-hydrogen) atoms. The van der Waals surface area contributed by atoms with Crippen molar-refractivity contribution in [2.24, 2.45) is 0 Å². The summed E-state index contributed by atoms with van der Waals surface area (Å²) in [5, 5.41) is 19.3. The van der Waals surface area contributed by atoms with Crippen LogP contribution < -0.4 is 0 Å². The number of aliphatic carboxylic acids is 1. The Hall–Kier alpha value is -1.42. The zero-order valence-corrected chi connectivity index (χ0v) is 10.1. The van der Waals surface area contributed by atoms with Crippen LogP contribution in [0.2, 0.25) is 0 Å². The first kappa shape index (κ1) is 13.0. The van der Waals surface area contributed by atoms with Crippen molar-refractivity contribution in [2.45, 2.75) is 43.4 Å². The predicted octanol–water partition coefficient (Wildman–Crippen LogP) is 2.50. The van der Waals surface area contributed by atoms with Gasteiger partial charge in [-0.05, 0) is 18.4 Å². The van der Waals surface area contributed by atoms with Gasteiger partial charge in [-0.15, -0.1) is 0 Å². The second-order valence-corrected chi connectivity index (χ2v) is 4.90. The molecule has 1 aliphatic carbocycles. The fourth-order valence-electron chi connectivity index (χ4n) is 2.84. The molecule has 0 bridgehead atoms. The Kier molecular flexibility index (Phi) is 3.66. The zero-order chi connectivity index (χ0) is 13.2. The van der Waals surface area contributed by atoms with E-state index in [4.69, 9.17) is 5.11 Å². The van der Waals surface area contributed by atoms with Gasteiger partial charge in [0.25, 0.3) is 0 Å². The summed E-state index contributed by atoms with van der Waals surface area (Å²) in [6.45, 7) is 0. The summed E-state index contributed by atoms with van der Waals surface area (Å²) < 4.78 is 13.9. The molecule has 3 atom stereocenters. The number of halogens is 1. The molecule has 1 aromatic rings. The highest BCUT2D eigenvalue weighted by Gasteiger charge is 2.49. The van der Waals surface area contributed by atoms with Crippen LogP contribution in [0.1, 0.15) is 37.2 Å². The van der Waals surface area contributed by atoms with E-state index in [1.165, 1.54) is 0 Å². The molecule has 2 N–H and O–H groups in total. The van der Waals surface area contributed by atoms with Crippen LogP contribution in [0.15, 0.2) is 30.3 Å². The number of hydrogen-bond donors (Lipinski definition) is 2. The van der Waals surface area contributed by atoms with Crippen LogP contribution in [-0.4, -0.2) is 28.0 Å². The summed E-state index contributed by atoms with van der Waals surface area (Å²) in [7, 11) is 0. The monoisotopic (exact) mass is 252 g/mol. The molecular weight excluding hydrogens is 235 g/mol.